The van der Waals surface area contributed by atoms with Crippen molar-refractivity contribution in [3.63, 3.8) is 0 Å². The van der Waals surface area contributed by atoms with E-state index in [2.05, 4.69) is 18.2 Å². The van der Waals surface area contributed by atoms with Gasteiger partial charge >= 0.3 is 0 Å². The Bertz CT molecular complexity index is 624. The van der Waals surface area contributed by atoms with Gasteiger partial charge in [-0.3, -0.25) is 0 Å². The van der Waals surface area contributed by atoms with Crippen LogP contribution in [0.1, 0.15) is 36.1 Å². The Morgan fingerprint density at radius 2 is 1.95 bits per heavy atom. The Balaban J connectivity index is 2.01. The molecule has 1 aliphatic rings. The van der Waals surface area contributed by atoms with Crippen LogP contribution in [0.2, 0.25) is 0 Å². The van der Waals surface area contributed by atoms with Crippen LogP contribution >= 0.6 is 0 Å². The lowest BCUT2D eigenvalue weighted by Gasteiger charge is -2.24. The maximum atomic E-state index is 6.51. The lowest BCUT2D eigenvalue weighted by atomic mass is 9.94. The number of nitrogens with two attached hydrogens (primary N) is 1. The van der Waals surface area contributed by atoms with E-state index in [1.807, 2.05) is 31.2 Å². The summed E-state index contributed by atoms with van der Waals surface area (Å²) >= 11 is 0. The number of aryl methyl sites for hydroxylation is 1. The van der Waals surface area contributed by atoms with Crippen molar-refractivity contribution in [1.29, 1.82) is 0 Å². The van der Waals surface area contributed by atoms with E-state index in [-0.39, 0.29) is 6.04 Å². The van der Waals surface area contributed by atoms with Crippen molar-refractivity contribution in [2.75, 3.05) is 13.2 Å². The van der Waals surface area contributed by atoms with Crippen LogP contribution in [0, 0.1) is 0 Å². The molecule has 2 aromatic carbocycles. The van der Waals surface area contributed by atoms with Gasteiger partial charge in [-0.2, -0.15) is 0 Å². The molecule has 0 saturated carbocycles. The van der Waals surface area contributed by atoms with Gasteiger partial charge in [0.15, 0.2) is 0 Å². The van der Waals surface area contributed by atoms with E-state index in [1.54, 1.807) is 0 Å². The van der Waals surface area contributed by atoms with Crippen molar-refractivity contribution >= 4 is 0 Å². The van der Waals surface area contributed by atoms with Crippen LogP contribution in [-0.2, 0) is 6.42 Å². The summed E-state index contributed by atoms with van der Waals surface area (Å²) in [6.07, 6.45) is 2.13. The largest absolute Gasteiger partial charge is 0.494 e. The molecule has 0 aliphatic carbocycles. The fourth-order valence-corrected chi connectivity index (χ4v) is 2.85. The minimum absolute atomic E-state index is 0.235. The molecule has 0 spiro atoms. The topological polar surface area (TPSA) is 44.5 Å². The van der Waals surface area contributed by atoms with Crippen LogP contribution in [0.25, 0.3) is 0 Å². The fourth-order valence-electron chi connectivity index (χ4n) is 2.85. The van der Waals surface area contributed by atoms with Gasteiger partial charge in [-0.1, -0.05) is 36.4 Å². The highest BCUT2D eigenvalue weighted by Crippen LogP contribution is 2.37. The number of hydrogen-bond donors (Lipinski definition) is 1. The van der Waals surface area contributed by atoms with E-state index in [4.69, 9.17) is 15.2 Å². The summed E-state index contributed by atoms with van der Waals surface area (Å²) in [6, 6.07) is 14.0. The van der Waals surface area contributed by atoms with Gasteiger partial charge in [0.2, 0.25) is 0 Å². The summed E-state index contributed by atoms with van der Waals surface area (Å²) in [5.74, 6) is 1.81. The summed E-state index contributed by atoms with van der Waals surface area (Å²) in [5, 5.41) is 0. The number of para-hydroxylation sites is 2. The van der Waals surface area contributed by atoms with Crippen molar-refractivity contribution in [2.24, 2.45) is 5.73 Å². The minimum Gasteiger partial charge on any atom is -0.494 e. The molecule has 0 bridgehead atoms. The first-order valence-electron chi connectivity index (χ1n) is 7.53. The highest BCUT2D eigenvalue weighted by atomic mass is 16.5. The van der Waals surface area contributed by atoms with E-state index in [0.29, 0.717) is 6.61 Å². The predicted molar refractivity (Wildman–Crippen MR) is 83.9 cm³/mol. The molecule has 0 aromatic heterocycles. The Morgan fingerprint density at radius 1 is 1.14 bits per heavy atom. The van der Waals surface area contributed by atoms with Gasteiger partial charge in [-0.25, -0.2) is 0 Å². The minimum atomic E-state index is -0.235. The van der Waals surface area contributed by atoms with Gasteiger partial charge in [0, 0.05) is 11.1 Å². The zero-order valence-electron chi connectivity index (χ0n) is 12.3. The number of fused-ring (bicyclic) bond motifs is 1. The molecular weight excluding hydrogens is 262 g/mol. The molecule has 1 heterocycles. The molecule has 110 valence electrons. The molecule has 0 saturated heterocycles. The summed E-state index contributed by atoms with van der Waals surface area (Å²) in [4.78, 5) is 0. The maximum Gasteiger partial charge on any atom is 0.127 e. The van der Waals surface area contributed by atoms with Crippen LogP contribution in [0.4, 0.5) is 0 Å². The summed E-state index contributed by atoms with van der Waals surface area (Å²) in [5.41, 5.74) is 9.81. The van der Waals surface area contributed by atoms with Crippen LogP contribution < -0.4 is 15.2 Å². The lowest BCUT2D eigenvalue weighted by molar-refractivity contribution is 0.284. The molecule has 21 heavy (non-hydrogen) atoms. The van der Waals surface area contributed by atoms with E-state index >= 15 is 0 Å². The van der Waals surface area contributed by atoms with Gasteiger partial charge in [-0.05, 0) is 31.4 Å². The van der Waals surface area contributed by atoms with E-state index in [0.717, 1.165) is 42.1 Å². The van der Waals surface area contributed by atoms with Crippen molar-refractivity contribution in [1.82, 2.24) is 0 Å². The number of rotatable bonds is 4. The Morgan fingerprint density at radius 3 is 2.81 bits per heavy atom. The van der Waals surface area contributed by atoms with Gasteiger partial charge in [-0.15, -0.1) is 0 Å². The van der Waals surface area contributed by atoms with Crippen LogP contribution in [0.15, 0.2) is 42.5 Å². The monoisotopic (exact) mass is 283 g/mol. The SMILES string of the molecule is CCOc1ccccc1C(N)c1cccc2c1OCCC2. The molecular formula is C18H21NO2. The Labute approximate surface area is 125 Å². The van der Waals surface area contributed by atoms with Crippen molar-refractivity contribution < 1.29 is 9.47 Å². The third-order valence-electron chi connectivity index (χ3n) is 3.85. The van der Waals surface area contributed by atoms with Gasteiger partial charge in [0.1, 0.15) is 11.5 Å². The third kappa shape index (κ3) is 2.74. The molecule has 2 N–H and O–H groups in total. The Hall–Kier alpha value is -2.00. The highest BCUT2D eigenvalue weighted by molar-refractivity contribution is 5.50. The average molecular weight is 283 g/mol. The first kappa shape index (κ1) is 14.0. The quantitative estimate of drug-likeness (QED) is 0.934. The van der Waals surface area contributed by atoms with Crippen LogP contribution in [0.3, 0.4) is 0 Å². The fraction of sp³-hybridized carbons (Fsp3) is 0.333. The van der Waals surface area contributed by atoms with Crippen LogP contribution in [-0.4, -0.2) is 13.2 Å². The van der Waals surface area contributed by atoms with Gasteiger partial charge in [0.25, 0.3) is 0 Å². The smallest absolute Gasteiger partial charge is 0.127 e. The first-order chi connectivity index (χ1) is 10.3. The molecule has 1 aliphatic heterocycles. The zero-order chi connectivity index (χ0) is 14.7. The molecule has 0 radical (unpaired) electrons. The molecule has 0 amide bonds. The second kappa shape index (κ2) is 6.19. The van der Waals surface area contributed by atoms with Crippen molar-refractivity contribution in [3.05, 3.63) is 59.2 Å². The second-order valence-corrected chi connectivity index (χ2v) is 5.24. The number of ether oxygens (including phenoxy) is 2. The van der Waals surface area contributed by atoms with Gasteiger partial charge in [0.05, 0.1) is 19.3 Å². The maximum absolute atomic E-state index is 6.51. The standard InChI is InChI=1S/C18H21NO2/c1-2-20-16-11-4-3-9-14(16)17(19)15-10-5-7-13-8-6-12-21-18(13)15/h3-5,7,9-11,17H,2,6,8,12,19H2,1H3. The third-order valence-corrected chi connectivity index (χ3v) is 3.85. The van der Waals surface area contributed by atoms with Crippen LogP contribution in [0.5, 0.6) is 11.5 Å². The molecule has 2 aromatic rings. The Kier molecular flexibility index (Phi) is 4.11. The summed E-state index contributed by atoms with van der Waals surface area (Å²) in [7, 11) is 0. The van der Waals surface area contributed by atoms with Crippen molar-refractivity contribution in [3.8, 4) is 11.5 Å². The zero-order valence-corrected chi connectivity index (χ0v) is 12.3. The lowest BCUT2D eigenvalue weighted by Crippen LogP contribution is -2.18. The number of hydrogen-bond acceptors (Lipinski definition) is 3. The molecule has 1 unspecified atom stereocenters. The number of benzene rings is 2. The van der Waals surface area contributed by atoms with E-state index < -0.39 is 0 Å². The normalized spacial score (nSPS) is 15.0. The van der Waals surface area contributed by atoms with E-state index in [9.17, 15) is 0 Å². The summed E-state index contributed by atoms with van der Waals surface area (Å²) < 4.78 is 11.6. The highest BCUT2D eigenvalue weighted by Gasteiger charge is 2.21. The van der Waals surface area contributed by atoms with Gasteiger partial charge < -0.3 is 15.2 Å². The molecule has 3 nitrogen and oxygen atoms in total. The average Bonchev–Trinajstić information content (AvgIpc) is 2.54. The second-order valence-electron chi connectivity index (χ2n) is 5.24. The predicted octanol–water partition coefficient (Wildman–Crippen LogP) is 3.46. The molecule has 1 atom stereocenters. The molecule has 3 heteroatoms. The molecule has 0 fully saturated rings. The van der Waals surface area contributed by atoms with E-state index in [1.165, 1.54) is 5.56 Å². The van der Waals surface area contributed by atoms with Crippen molar-refractivity contribution in [2.45, 2.75) is 25.8 Å². The summed E-state index contributed by atoms with van der Waals surface area (Å²) in [6.45, 7) is 3.38. The first-order valence-corrected chi connectivity index (χ1v) is 7.53. The molecule has 3 rings (SSSR count).